The summed E-state index contributed by atoms with van der Waals surface area (Å²) in [5, 5.41) is 0. The zero-order valence-corrected chi connectivity index (χ0v) is 13.1. The van der Waals surface area contributed by atoms with E-state index in [1.165, 1.54) is 5.56 Å². The van der Waals surface area contributed by atoms with Crippen molar-refractivity contribution in [2.75, 3.05) is 6.61 Å². The standard InChI is InChI=1S/C16H20BrNO2/c17-12-7-10-5-6-20-16(10)11(8-12)9-15(19)13-3-1-2-4-14(13)18/h7-8,13-14H,1-6,9,18H2. The van der Waals surface area contributed by atoms with Gasteiger partial charge >= 0.3 is 0 Å². The number of hydrogen-bond acceptors (Lipinski definition) is 3. The lowest BCUT2D eigenvalue weighted by atomic mass is 9.80. The molecule has 2 atom stereocenters. The molecule has 0 aromatic heterocycles. The molecule has 0 amide bonds. The summed E-state index contributed by atoms with van der Waals surface area (Å²) in [5.74, 6) is 1.22. The highest BCUT2D eigenvalue weighted by atomic mass is 79.9. The highest BCUT2D eigenvalue weighted by molar-refractivity contribution is 9.10. The second-order valence-electron chi connectivity index (χ2n) is 5.85. The molecule has 2 unspecified atom stereocenters. The summed E-state index contributed by atoms with van der Waals surface area (Å²) in [4.78, 5) is 12.5. The molecule has 0 bridgehead atoms. The van der Waals surface area contributed by atoms with E-state index in [4.69, 9.17) is 10.5 Å². The van der Waals surface area contributed by atoms with Gasteiger partial charge in [-0.3, -0.25) is 4.79 Å². The molecule has 1 aliphatic heterocycles. The van der Waals surface area contributed by atoms with Crippen molar-refractivity contribution in [3.05, 3.63) is 27.7 Å². The summed E-state index contributed by atoms with van der Waals surface area (Å²) >= 11 is 3.52. The second-order valence-corrected chi connectivity index (χ2v) is 6.77. The maximum absolute atomic E-state index is 12.5. The number of carbonyl (C=O) groups excluding carboxylic acids is 1. The largest absolute Gasteiger partial charge is 0.493 e. The van der Waals surface area contributed by atoms with Crippen molar-refractivity contribution in [3.63, 3.8) is 0 Å². The monoisotopic (exact) mass is 337 g/mol. The zero-order chi connectivity index (χ0) is 14.1. The molecule has 20 heavy (non-hydrogen) atoms. The fourth-order valence-corrected chi connectivity index (χ4v) is 3.91. The van der Waals surface area contributed by atoms with Gasteiger partial charge in [0.1, 0.15) is 11.5 Å². The van der Waals surface area contributed by atoms with E-state index in [-0.39, 0.29) is 17.7 Å². The Hall–Kier alpha value is -0.870. The summed E-state index contributed by atoms with van der Waals surface area (Å²) in [6.45, 7) is 0.718. The van der Waals surface area contributed by atoms with Crippen molar-refractivity contribution >= 4 is 21.7 Å². The Labute approximate surface area is 128 Å². The van der Waals surface area contributed by atoms with Crippen molar-refractivity contribution < 1.29 is 9.53 Å². The number of benzene rings is 1. The van der Waals surface area contributed by atoms with Crippen molar-refractivity contribution in [3.8, 4) is 5.75 Å². The van der Waals surface area contributed by atoms with Crippen LogP contribution >= 0.6 is 15.9 Å². The van der Waals surface area contributed by atoms with Gasteiger partial charge in [0.2, 0.25) is 0 Å². The molecule has 2 aliphatic rings. The lowest BCUT2D eigenvalue weighted by molar-refractivity contribution is -0.123. The molecule has 3 nitrogen and oxygen atoms in total. The van der Waals surface area contributed by atoms with Gasteiger partial charge in [-0.15, -0.1) is 0 Å². The summed E-state index contributed by atoms with van der Waals surface area (Å²) in [6, 6.07) is 4.14. The minimum absolute atomic E-state index is 0.0276. The van der Waals surface area contributed by atoms with E-state index in [0.717, 1.165) is 54.5 Å². The number of hydrogen-bond donors (Lipinski definition) is 1. The average molecular weight is 338 g/mol. The Morgan fingerprint density at radius 3 is 2.95 bits per heavy atom. The van der Waals surface area contributed by atoms with Crippen LogP contribution < -0.4 is 10.5 Å². The molecule has 1 saturated carbocycles. The highest BCUT2D eigenvalue weighted by Gasteiger charge is 2.29. The van der Waals surface area contributed by atoms with Crippen LogP contribution in [0.4, 0.5) is 0 Å². The summed E-state index contributed by atoms with van der Waals surface area (Å²) in [7, 11) is 0. The van der Waals surface area contributed by atoms with Gasteiger partial charge in [-0.25, -0.2) is 0 Å². The van der Waals surface area contributed by atoms with Gasteiger partial charge in [-0.2, -0.15) is 0 Å². The Morgan fingerprint density at radius 2 is 2.15 bits per heavy atom. The maximum atomic E-state index is 12.5. The topological polar surface area (TPSA) is 52.3 Å². The smallest absolute Gasteiger partial charge is 0.142 e. The van der Waals surface area contributed by atoms with Crippen LogP contribution in [0.1, 0.15) is 36.8 Å². The van der Waals surface area contributed by atoms with Crippen molar-refractivity contribution in [2.24, 2.45) is 11.7 Å². The van der Waals surface area contributed by atoms with Crippen LogP contribution in [0.2, 0.25) is 0 Å². The molecule has 0 radical (unpaired) electrons. The van der Waals surface area contributed by atoms with Crippen molar-refractivity contribution in [1.29, 1.82) is 0 Å². The van der Waals surface area contributed by atoms with Gasteiger partial charge in [0.15, 0.2) is 0 Å². The van der Waals surface area contributed by atoms with Crippen LogP contribution in [-0.4, -0.2) is 18.4 Å². The van der Waals surface area contributed by atoms with Crippen LogP contribution in [0, 0.1) is 5.92 Å². The number of fused-ring (bicyclic) bond motifs is 1. The fourth-order valence-electron chi connectivity index (χ4n) is 3.36. The molecule has 1 aliphatic carbocycles. The molecule has 108 valence electrons. The SMILES string of the molecule is NC1CCCCC1C(=O)Cc1cc(Br)cc2c1OCC2. The molecule has 3 rings (SSSR count). The normalized spacial score (nSPS) is 25.1. The number of rotatable bonds is 3. The predicted molar refractivity (Wildman–Crippen MR) is 82.0 cm³/mol. The molecule has 1 aromatic carbocycles. The van der Waals surface area contributed by atoms with Gasteiger partial charge < -0.3 is 10.5 Å². The minimum atomic E-state index is 0.0276. The first-order valence-electron chi connectivity index (χ1n) is 7.37. The van der Waals surface area contributed by atoms with Gasteiger partial charge in [0.05, 0.1) is 6.61 Å². The van der Waals surface area contributed by atoms with E-state index in [2.05, 4.69) is 22.0 Å². The Balaban J connectivity index is 1.79. The Morgan fingerprint density at radius 1 is 1.35 bits per heavy atom. The number of nitrogens with two attached hydrogens (primary N) is 1. The van der Waals surface area contributed by atoms with Gasteiger partial charge in [0, 0.05) is 34.8 Å². The summed E-state index contributed by atoms with van der Waals surface area (Å²) in [6.07, 6.45) is 5.57. The van der Waals surface area contributed by atoms with E-state index in [1.807, 2.05) is 6.07 Å². The van der Waals surface area contributed by atoms with E-state index < -0.39 is 0 Å². The lowest BCUT2D eigenvalue weighted by Crippen LogP contribution is -2.38. The summed E-state index contributed by atoms with van der Waals surface area (Å²) < 4.78 is 6.72. The van der Waals surface area contributed by atoms with Crippen LogP contribution in [0.3, 0.4) is 0 Å². The van der Waals surface area contributed by atoms with Crippen LogP contribution in [0.15, 0.2) is 16.6 Å². The first-order valence-corrected chi connectivity index (χ1v) is 8.17. The number of ketones is 1. The molecule has 1 aromatic rings. The van der Waals surface area contributed by atoms with Gasteiger partial charge in [-0.05, 0) is 30.5 Å². The van der Waals surface area contributed by atoms with Crippen LogP contribution in [-0.2, 0) is 17.6 Å². The fraction of sp³-hybridized carbons (Fsp3) is 0.562. The van der Waals surface area contributed by atoms with Gasteiger partial charge in [-0.1, -0.05) is 28.8 Å². The molecule has 0 spiro atoms. The Kier molecular flexibility index (Phi) is 4.13. The van der Waals surface area contributed by atoms with Crippen LogP contribution in [0.5, 0.6) is 5.75 Å². The molecule has 1 fully saturated rings. The van der Waals surface area contributed by atoms with Crippen molar-refractivity contribution in [1.82, 2.24) is 0 Å². The van der Waals surface area contributed by atoms with Gasteiger partial charge in [0.25, 0.3) is 0 Å². The number of ether oxygens (including phenoxy) is 1. The lowest BCUT2D eigenvalue weighted by Gasteiger charge is -2.27. The third-order valence-corrected chi connectivity index (χ3v) is 4.88. The highest BCUT2D eigenvalue weighted by Crippen LogP contribution is 2.34. The molecular formula is C16H20BrNO2. The van der Waals surface area contributed by atoms with Crippen molar-refractivity contribution in [2.45, 2.75) is 44.6 Å². The van der Waals surface area contributed by atoms with E-state index in [9.17, 15) is 4.79 Å². The van der Waals surface area contributed by atoms with E-state index in [0.29, 0.717) is 6.42 Å². The quantitative estimate of drug-likeness (QED) is 0.922. The predicted octanol–water partition coefficient (Wildman–Crippen LogP) is 3.01. The first-order chi connectivity index (χ1) is 9.65. The number of Topliss-reactive ketones (excluding diaryl/α,β-unsaturated/α-hetero) is 1. The molecule has 1 heterocycles. The minimum Gasteiger partial charge on any atom is -0.493 e. The molecule has 0 saturated heterocycles. The maximum Gasteiger partial charge on any atom is 0.142 e. The second kappa shape index (κ2) is 5.86. The molecule has 2 N–H and O–H groups in total. The Bertz CT molecular complexity index is 529. The third-order valence-electron chi connectivity index (χ3n) is 4.42. The number of halogens is 1. The summed E-state index contributed by atoms with van der Waals surface area (Å²) in [5.41, 5.74) is 8.33. The molecular weight excluding hydrogens is 318 g/mol. The average Bonchev–Trinajstić information content (AvgIpc) is 2.87. The van der Waals surface area contributed by atoms with Crippen LogP contribution in [0.25, 0.3) is 0 Å². The zero-order valence-electron chi connectivity index (χ0n) is 11.5. The molecule has 4 heteroatoms. The van der Waals surface area contributed by atoms with E-state index >= 15 is 0 Å². The van der Waals surface area contributed by atoms with E-state index in [1.54, 1.807) is 0 Å². The first kappa shape index (κ1) is 14.1. The third kappa shape index (κ3) is 2.77. The number of carbonyl (C=O) groups is 1.